The average Bonchev–Trinajstić information content (AvgIpc) is 2.63. The summed E-state index contributed by atoms with van der Waals surface area (Å²) in [5, 5.41) is 9.09. The van der Waals surface area contributed by atoms with Crippen LogP contribution < -0.4 is 15.2 Å². The maximum absolute atomic E-state index is 11.6. The molecule has 2 N–H and O–H groups in total. The maximum Gasteiger partial charge on any atom is 0.330 e. The van der Waals surface area contributed by atoms with Crippen molar-refractivity contribution >= 4 is 18.0 Å². The lowest BCUT2D eigenvalue weighted by Gasteiger charge is -2.11. The van der Waals surface area contributed by atoms with Gasteiger partial charge >= 0.3 is 11.9 Å². The van der Waals surface area contributed by atoms with E-state index in [9.17, 15) is 19.7 Å². The summed E-state index contributed by atoms with van der Waals surface area (Å²) in [6, 6.07) is 3.97. The Kier molecular flexibility index (Phi) is 9.30. The number of carbonyl (C=O) groups is 2. The Morgan fingerprint density at radius 3 is 2.59 bits per heavy atom. The van der Waals surface area contributed by atoms with Crippen molar-refractivity contribution in [3.05, 3.63) is 40.0 Å². The molecule has 1 aromatic rings. The number of rotatable bonds is 11. The molecule has 0 aromatic heterocycles. The van der Waals surface area contributed by atoms with Crippen LogP contribution in [0.25, 0.3) is 6.08 Å². The second-order valence-corrected chi connectivity index (χ2v) is 5.38. The molecule has 10 nitrogen and oxygen atoms in total. The van der Waals surface area contributed by atoms with Gasteiger partial charge < -0.3 is 24.8 Å². The third-order valence-corrected chi connectivity index (χ3v) is 3.16. The molecule has 0 bridgehead atoms. The van der Waals surface area contributed by atoms with Crippen LogP contribution in [0.1, 0.15) is 25.3 Å². The highest BCUT2D eigenvalue weighted by molar-refractivity contribution is 5.87. The van der Waals surface area contributed by atoms with Crippen molar-refractivity contribution in [1.82, 2.24) is 0 Å². The third kappa shape index (κ3) is 8.68. The lowest BCUT2D eigenvalue weighted by molar-refractivity contribution is -0.757. The summed E-state index contributed by atoms with van der Waals surface area (Å²) < 4.78 is 15.3. The van der Waals surface area contributed by atoms with Gasteiger partial charge in [-0.3, -0.25) is 0 Å². The number of nitrogens with two attached hydrogens (primary N) is 1. The molecular weight excluding hydrogens is 360 g/mol. The van der Waals surface area contributed by atoms with Gasteiger partial charge in [-0.25, -0.2) is 9.59 Å². The summed E-state index contributed by atoms with van der Waals surface area (Å²) in [6.07, 6.45) is 3.59. The Hall–Kier alpha value is -3.14. The molecular formula is C17H22N2O8. The minimum Gasteiger partial charge on any atom is -0.493 e. The Morgan fingerprint density at radius 2 is 1.96 bits per heavy atom. The molecule has 0 saturated carbocycles. The SMILES string of the molecule is COc1cc(/C=C/C(=O)OCCCCO[N+](=O)[O-])ccc1OC(=O)C(C)N. The van der Waals surface area contributed by atoms with Crippen LogP contribution >= 0.6 is 0 Å². The van der Waals surface area contributed by atoms with Crippen LogP contribution in [0.3, 0.4) is 0 Å². The van der Waals surface area contributed by atoms with E-state index in [1.54, 1.807) is 12.1 Å². The first-order valence-corrected chi connectivity index (χ1v) is 8.11. The van der Waals surface area contributed by atoms with E-state index in [4.69, 9.17) is 19.9 Å². The first-order valence-electron chi connectivity index (χ1n) is 8.11. The van der Waals surface area contributed by atoms with Crippen LogP contribution in [0.5, 0.6) is 11.5 Å². The van der Waals surface area contributed by atoms with E-state index in [0.29, 0.717) is 24.2 Å². The molecule has 148 valence electrons. The summed E-state index contributed by atoms with van der Waals surface area (Å²) >= 11 is 0. The summed E-state index contributed by atoms with van der Waals surface area (Å²) in [5.41, 5.74) is 6.08. The fourth-order valence-electron chi connectivity index (χ4n) is 1.80. The Labute approximate surface area is 155 Å². The molecule has 0 aliphatic heterocycles. The second kappa shape index (κ2) is 11.5. The van der Waals surface area contributed by atoms with Crippen LogP contribution in [0, 0.1) is 10.1 Å². The van der Waals surface area contributed by atoms with Gasteiger partial charge in [0.15, 0.2) is 11.5 Å². The number of methoxy groups -OCH3 is 1. The second-order valence-electron chi connectivity index (χ2n) is 5.38. The lowest BCUT2D eigenvalue weighted by Crippen LogP contribution is -2.30. The first kappa shape index (κ1) is 21.9. The number of hydrogen-bond donors (Lipinski definition) is 1. The molecule has 1 atom stereocenters. The molecule has 0 spiro atoms. The van der Waals surface area contributed by atoms with Gasteiger partial charge in [-0.15, -0.1) is 10.1 Å². The number of nitrogens with zero attached hydrogens (tertiary/aromatic N) is 1. The van der Waals surface area contributed by atoms with Gasteiger partial charge in [0.05, 0.1) is 20.3 Å². The van der Waals surface area contributed by atoms with Gasteiger partial charge in [-0.1, -0.05) is 6.07 Å². The van der Waals surface area contributed by atoms with Gasteiger partial charge in [0, 0.05) is 6.08 Å². The quantitative estimate of drug-likeness (QED) is 0.150. The van der Waals surface area contributed by atoms with Crippen molar-refractivity contribution in [2.75, 3.05) is 20.3 Å². The summed E-state index contributed by atoms with van der Waals surface area (Å²) in [7, 11) is 1.42. The van der Waals surface area contributed by atoms with E-state index >= 15 is 0 Å². The number of ether oxygens (including phenoxy) is 3. The van der Waals surface area contributed by atoms with Gasteiger partial charge in [0.2, 0.25) is 0 Å². The smallest absolute Gasteiger partial charge is 0.330 e. The van der Waals surface area contributed by atoms with Crippen molar-refractivity contribution in [1.29, 1.82) is 0 Å². The monoisotopic (exact) mass is 382 g/mol. The summed E-state index contributed by atoms with van der Waals surface area (Å²) in [6.45, 7) is 1.59. The number of carbonyl (C=O) groups excluding carboxylic acids is 2. The zero-order chi connectivity index (χ0) is 20.2. The highest BCUT2D eigenvalue weighted by atomic mass is 16.9. The van der Waals surface area contributed by atoms with Gasteiger partial charge in [0.25, 0.3) is 5.09 Å². The van der Waals surface area contributed by atoms with Crippen LogP contribution in [-0.4, -0.2) is 43.4 Å². The molecule has 0 amide bonds. The molecule has 1 aromatic carbocycles. The van der Waals surface area contributed by atoms with Crippen molar-refractivity contribution < 1.29 is 33.7 Å². The van der Waals surface area contributed by atoms with Gasteiger partial charge in [-0.05, 0) is 43.5 Å². The zero-order valence-electron chi connectivity index (χ0n) is 15.1. The predicted molar refractivity (Wildman–Crippen MR) is 94.5 cm³/mol. The lowest BCUT2D eigenvalue weighted by atomic mass is 10.2. The topological polar surface area (TPSA) is 140 Å². The Morgan fingerprint density at radius 1 is 1.26 bits per heavy atom. The van der Waals surface area contributed by atoms with E-state index in [-0.39, 0.29) is 19.0 Å². The minimum absolute atomic E-state index is 0.0416. The summed E-state index contributed by atoms with van der Waals surface area (Å²) in [5.74, 6) is -0.623. The number of benzene rings is 1. The Bertz CT molecular complexity index is 688. The fourth-order valence-corrected chi connectivity index (χ4v) is 1.80. The highest BCUT2D eigenvalue weighted by Gasteiger charge is 2.13. The highest BCUT2D eigenvalue weighted by Crippen LogP contribution is 2.28. The molecule has 10 heteroatoms. The van der Waals surface area contributed by atoms with E-state index in [2.05, 4.69) is 4.84 Å². The van der Waals surface area contributed by atoms with Crippen molar-refractivity contribution in [3.8, 4) is 11.5 Å². The largest absolute Gasteiger partial charge is 0.493 e. The van der Waals surface area contributed by atoms with Crippen molar-refractivity contribution in [3.63, 3.8) is 0 Å². The van der Waals surface area contributed by atoms with E-state index in [1.807, 2.05) is 0 Å². The van der Waals surface area contributed by atoms with Crippen LogP contribution in [-0.2, 0) is 19.2 Å². The summed E-state index contributed by atoms with van der Waals surface area (Å²) in [4.78, 5) is 37.3. The first-order chi connectivity index (χ1) is 12.8. The van der Waals surface area contributed by atoms with Crippen LogP contribution in [0.2, 0.25) is 0 Å². The van der Waals surface area contributed by atoms with E-state index < -0.39 is 23.1 Å². The zero-order valence-corrected chi connectivity index (χ0v) is 15.1. The number of hydrogen-bond acceptors (Lipinski definition) is 9. The molecule has 27 heavy (non-hydrogen) atoms. The normalized spacial score (nSPS) is 11.7. The molecule has 0 radical (unpaired) electrons. The molecule has 0 aliphatic rings. The van der Waals surface area contributed by atoms with Crippen LogP contribution in [0.15, 0.2) is 24.3 Å². The molecule has 0 fully saturated rings. The number of unbranched alkanes of at least 4 members (excludes halogenated alkanes) is 1. The fraction of sp³-hybridized carbons (Fsp3) is 0.412. The van der Waals surface area contributed by atoms with Gasteiger partial charge in [-0.2, -0.15) is 0 Å². The average molecular weight is 382 g/mol. The molecule has 1 unspecified atom stereocenters. The van der Waals surface area contributed by atoms with Crippen LogP contribution in [0.4, 0.5) is 0 Å². The molecule has 0 saturated heterocycles. The molecule has 0 aliphatic carbocycles. The van der Waals surface area contributed by atoms with Crippen molar-refractivity contribution in [2.24, 2.45) is 5.73 Å². The van der Waals surface area contributed by atoms with Crippen molar-refractivity contribution in [2.45, 2.75) is 25.8 Å². The van der Waals surface area contributed by atoms with E-state index in [1.165, 1.54) is 32.3 Å². The van der Waals surface area contributed by atoms with Gasteiger partial charge in [0.1, 0.15) is 6.04 Å². The predicted octanol–water partition coefficient (Wildman–Crippen LogP) is 1.49. The third-order valence-electron chi connectivity index (χ3n) is 3.16. The molecule has 1 rings (SSSR count). The standard InChI is InChI=1S/C17H22N2O8/c1-12(18)17(21)27-14-7-5-13(11-15(14)24-2)6-8-16(20)25-9-3-4-10-26-19(22)23/h5-8,11-12H,3-4,9-10,18H2,1-2H3/b8-6+. The Balaban J connectivity index is 2.51. The molecule has 0 heterocycles. The minimum atomic E-state index is -0.869. The number of esters is 2. The maximum atomic E-state index is 11.6. The van der Waals surface area contributed by atoms with E-state index in [0.717, 1.165) is 0 Å².